The van der Waals surface area contributed by atoms with Crippen LogP contribution in [0.5, 0.6) is 5.75 Å². The molecule has 0 saturated carbocycles. The van der Waals surface area contributed by atoms with Crippen LogP contribution in [0.25, 0.3) is 0 Å². The fourth-order valence-corrected chi connectivity index (χ4v) is 1.57. The normalized spacial score (nSPS) is 10.1. The summed E-state index contributed by atoms with van der Waals surface area (Å²) in [6.45, 7) is 0.236. The predicted molar refractivity (Wildman–Crippen MR) is 68.8 cm³/mol. The maximum absolute atomic E-state index is 7.30. The Labute approximate surface area is 109 Å². The second kappa shape index (κ2) is 5.46. The van der Waals surface area contributed by atoms with E-state index in [1.165, 1.54) is 0 Å². The van der Waals surface area contributed by atoms with E-state index in [1.54, 1.807) is 36.7 Å². The number of nitrogens with two attached hydrogens (primary N) is 1. The molecule has 1 aromatic heterocycles. The molecule has 0 aliphatic carbocycles. The monoisotopic (exact) mass is 262 g/mol. The average Bonchev–Trinajstić information content (AvgIpc) is 2.38. The molecule has 0 atom stereocenters. The summed E-state index contributed by atoms with van der Waals surface area (Å²) in [4.78, 5) is 8.07. The zero-order chi connectivity index (χ0) is 13.0. The van der Waals surface area contributed by atoms with E-state index in [-0.39, 0.29) is 12.4 Å². The Kier molecular flexibility index (Phi) is 3.74. The Morgan fingerprint density at radius 2 is 2.06 bits per heavy atom. The van der Waals surface area contributed by atoms with Crippen molar-refractivity contribution in [1.29, 1.82) is 5.41 Å². The summed E-state index contributed by atoms with van der Waals surface area (Å²) in [5.41, 5.74) is 5.92. The first-order valence-corrected chi connectivity index (χ1v) is 5.57. The van der Waals surface area contributed by atoms with Crippen LogP contribution in [-0.4, -0.2) is 15.8 Å². The van der Waals surface area contributed by atoms with E-state index < -0.39 is 0 Å². The summed E-state index contributed by atoms with van der Waals surface area (Å²) in [7, 11) is 0. The number of ether oxygens (including phenoxy) is 1. The lowest BCUT2D eigenvalue weighted by Gasteiger charge is -2.08. The van der Waals surface area contributed by atoms with Gasteiger partial charge in [-0.25, -0.2) is 9.97 Å². The average molecular weight is 263 g/mol. The minimum atomic E-state index is -0.0326. The third-order valence-electron chi connectivity index (χ3n) is 2.22. The molecule has 92 valence electrons. The molecule has 0 aliphatic rings. The lowest BCUT2D eigenvalue weighted by Crippen LogP contribution is -2.10. The molecule has 0 unspecified atom stereocenters. The van der Waals surface area contributed by atoms with E-state index in [4.69, 9.17) is 27.5 Å². The van der Waals surface area contributed by atoms with Crippen molar-refractivity contribution in [3.63, 3.8) is 0 Å². The van der Waals surface area contributed by atoms with Crippen molar-refractivity contribution < 1.29 is 4.74 Å². The van der Waals surface area contributed by atoms with Crippen LogP contribution in [0.1, 0.15) is 11.4 Å². The molecule has 18 heavy (non-hydrogen) atoms. The number of benzene rings is 1. The second-order valence-electron chi connectivity index (χ2n) is 3.51. The number of nitrogen functional groups attached to an aromatic ring is 1. The first kappa shape index (κ1) is 12.3. The van der Waals surface area contributed by atoms with Gasteiger partial charge in [0.2, 0.25) is 0 Å². The quantitative estimate of drug-likeness (QED) is 0.652. The first-order valence-electron chi connectivity index (χ1n) is 5.19. The van der Waals surface area contributed by atoms with Crippen LogP contribution in [0.3, 0.4) is 0 Å². The number of halogens is 1. The molecule has 1 aromatic carbocycles. The Hall–Kier alpha value is -2.14. The highest BCUT2D eigenvalue weighted by atomic mass is 35.5. The minimum absolute atomic E-state index is 0.0326. The largest absolute Gasteiger partial charge is 0.484 e. The number of hydrogen-bond donors (Lipinski definition) is 2. The topological polar surface area (TPSA) is 84.9 Å². The molecule has 0 fully saturated rings. The van der Waals surface area contributed by atoms with Crippen LogP contribution < -0.4 is 10.5 Å². The van der Waals surface area contributed by atoms with Gasteiger partial charge in [-0.15, -0.1) is 0 Å². The molecule has 0 bridgehead atoms. The summed E-state index contributed by atoms with van der Waals surface area (Å²) in [6.07, 6.45) is 3.29. The molecule has 6 heteroatoms. The molecule has 0 radical (unpaired) electrons. The highest BCUT2D eigenvalue weighted by Crippen LogP contribution is 2.25. The summed E-state index contributed by atoms with van der Waals surface area (Å²) < 4.78 is 5.49. The molecule has 2 rings (SSSR count). The van der Waals surface area contributed by atoms with Gasteiger partial charge in [0.15, 0.2) is 5.82 Å². The molecule has 5 nitrogen and oxygen atoms in total. The van der Waals surface area contributed by atoms with E-state index in [0.717, 1.165) is 0 Å². The second-order valence-corrected chi connectivity index (χ2v) is 3.92. The lowest BCUT2D eigenvalue weighted by atomic mass is 10.2. The van der Waals surface area contributed by atoms with Crippen molar-refractivity contribution in [2.24, 2.45) is 5.73 Å². The Morgan fingerprint density at radius 3 is 2.67 bits per heavy atom. The van der Waals surface area contributed by atoms with Crippen molar-refractivity contribution in [1.82, 2.24) is 9.97 Å². The number of amidine groups is 1. The van der Waals surface area contributed by atoms with Gasteiger partial charge in [-0.05, 0) is 24.3 Å². The van der Waals surface area contributed by atoms with Gasteiger partial charge in [-0.2, -0.15) is 0 Å². The number of nitrogens with one attached hydrogen (secondary N) is 1. The van der Waals surface area contributed by atoms with Crippen LogP contribution in [0.2, 0.25) is 5.02 Å². The van der Waals surface area contributed by atoms with Crippen LogP contribution >= 0.6 is 11.6 Å². The van der Waals surface area contributed by atoms with Gasteiger partial charge in [0.25, 0.3) is 0 Å². The highest BCUT2D eigenvalue weighted by molar-refractivity contribution is 6.32. The molecule has 2 aromatic rings. The summed E-state index contributed by atoms with van der Waals surface area (Å²) in [6, 6.07) is 6.67. The van der Waals surface area contributed by atoms with Crippen LogP contribution in [0.4, 0.5) is 0 Å². The zero-order valence-corrected chi connectivity index (χ0v) is 10.2. The molecular weight excluding hydrogens is 252 g/mol. The third kappa shape index (κ3) is 2.95. The highest BCUT2D eigenvalue weighted by Gasteiger charge is 2.05. The number of rotatable bonds is 4. The van der Waals surface area contributed by atoms with E-state index in [2.05, 4.69) is 9.97 Å². The van der Waals surface area contributed by atoms with Gasteiger partial charge >= 0.3 is 0 Å². The number of aromatic nitrogens is 2. The van der Waals surface area contributed by atoms with Crippen molar-refractivity contribution in [3.8, 4) is 5.75 Å². The Balaban J connectivity index is 2.08. The van der Waals surface area contributed by atoms with Crippen molar-refractivity contribution >= 4 is 17.4 Å². The summed E-state index contributed by atoms with van der Waals surface area (Å²) >= 11 is 6.02. The number of nitrogens with zero attached hydrogens (tertiary/aromatic N) is 2. The fraction of sp³-hybridized carbons (Fsp3) is 0.0833. The zero-order valence-electron chi connectivity index (χ0n) is 9.43. The summed E-state index contributed by atoms with van der Waals surface area (Å²) in [5, 5.41) is 7.70. The maximum atomic E-state index is 7.30. The van der Waals surface area contributed by atoms with Crippen molar-refractivity contribution in [2.45, 2.75) is 6.61 Å². The number of hydrogen-bond acceptors (Lipinski definition) is 4. The lowest BCUT2D eigenvalue weighted by molar-refractivity contribution is 0.296. The van der Waals surface area contributed by atoms with E-state index in [9.17, 15) is 0 Å². The molecule has 0 aliphatic heterocycles. The van der Waals surface area contributed by atoms with Gasteiger partial charge in [0, 0.05) is 18.0 Å². The molecule has 1 heterocycles. The molecule has 0 saturated heterocycles. The van der Waals surface area contributed by atoms with Crippen molar-refractivity contribution in [3.05, 3.63) is 53.1 Å². The van der Waals surface area contributed by atoms with Gasteiger partial charge < -0.3 is 10.5 Å². The minimum Gasteiger partial charge on any atom is -0.484 e. The van der Waals surface area contributed by atoms with Gasteiger partial charge in [-0.1, -0.05) is 11.6 Å². The van der Waals surface area contributed by atoms with Crippen LogP contribution in [-0.2, 0) is 6.61 Å². The van der Waals surface area contributed by atoms with Gasteiger partial charge in [0.05, 0.1) is 5.02 Å². The smallest absolute Gasteiger partial charge is 0.166 e. The predicted octanol–water partition coefficient (Wildman–Crippen LogP) is 1.99. The molecule has 3 N–H and O–H groups in total. The fourth-order valence-electron chi connectivity index (χ4n) is 1.33. The molecule has 0 spiro atoms. The SMILES string of the molecule is N=C(N)c1ccc(OCc2ncccn2)c(Cl)c1. The van der Waals surface area contributed by atoms with Gasteiger partial charge in [-0.3, -0.25) is 5.41 Å². The third-order valence-corrected chi connectivity index (χ3v) is 2.51. The van der Waals surface area contributed by atoms with E-state index >= 15 is 0 Å². The van der Waals surface area contributed by atoms with E-state index in [1.807, 2.05) is 0 Å². The van der Waals surface area contributed by atoms with Gasteiger partial charge in [0.1, 0.15) is 18.2 Å². The first-order chi connectivity index (χ1) is 8.66. The summed E-state index contributed by atoms with van der Waals surface area (Å²) in [5.74, 6) is 1.05. The Morgan fingerprint density at radius 1 is 1.33 bits per heavy atom. The standard InChI is InChI=1S/C12H11ClN4O/c13-9-6-8(12(14)15)2-3-10(9)18-7-11-16-4-1-5-17-11/h1-6H,7H2,(H3,14,15). The maximum Gasteiger partial charge on any atom is 0.166 e. The van der Waals surface area contributed by atoms with Crippen molar-refractivity contribution in [2.75, 3.05) is 0 Å². The Bertz CT molecular complexity index is 559. The molecule has 0 amide bonds. The molecular formula is C12H11ClN4O. The van der Waals surface area contributed by atoms with Crippen LogP contribution in [0.15, 0.2) is 36.7 Å². The van der Waals surface area contributed by atoms with E-state index in [0.29, 0.717) is 22.2 Å². The van der Waals surface area contributed by atoms with Crippen LogP contribution in [0, 0.1) is 5.41 Å².